The van der Waals surface area contributed by atoms with Crippen molar-refractivity contribution >= 4 is 16.3 Å². The number of carbonyl (C=O) groups excluding carboxylic acids is 1. The predicted octanol–water partition coefficient (Wildman–Crippen LogP) is 1.21. The van der Waals surface area contributed by atoms with E-state index in [1.54, 1.807) is 4.90 Å². The molecule has 0 spiro atoms. The van der Waals surface area contributed by atoms with E-state index in [4.69, 9.17) is 9.88 Å². The van der Waals surface area contributed by atoms with E-state index < -0.39 is 10.2 Å². The van der Waals surface area contributed by atoms with Crippen LogP contribution in [0.15, 0.2) is 0 Å². The normalized spacial score (nSPS) is 21.4. The molecular weight excluding hydrogens is 294 g/mol. The van der Waals surface area contributed by atoms with Crippen molar-refractivity contribution in [3.63, 3.8) is 0 Å². The fourth-order valence-corrected chi connectivity index (χ4v) is 3.04. The Hall–Kier alpha value is -0.860. The van der Waals surface area contributed by atoms with Crippen LogP contribution in [0.5, 0.6) is 0 Å². The molecule has 0 unspecified atom stereocenters. The van der Waals surface area contributed by atoms with Gasteiger partial charge in [0, 0.05) is 19.1 Å². The van der Waals surface area contributed by atoms with Crippen LogP contribution in [-0.4, -0.2) is 44.6 Å². The number of rotatable bonds is 6. The fourth-order valence-electron chi connectivity index (χ4n) is 2.62. The number of nitrogens with two attached hydrogens (primary N) is 1. The SMILES string of the molecule is CC(C)C[C@@H](C)OC(=O)N1CCCC[C@H]1CNS(N)(=O)=O. The molecule has 1 aliphatic heterocycles. The van der Waals surface area contributed by atoms with Crippen LogP contribution in [0.3, 0.4) is 0 Å². The molecule has 1 heterocycles. The van der Waals surface area contributed by atoms with Crippen molar-refractivity contribution in [3.05, 3.63) is 0 Å². The lowest BCUT2D eigenvalue weighted by atomic mass is 10.0. The lowest BCUT2D eigenvalue weighted by Gasteiger charge is -2.35. The van der Waals surface area contributed by atoms with Crippen LogP contribution in [0.4, 0.5) is 4.79 Å². The lowest BCUT2D eigenvalue weighted by molar-refractivity contribution is 0.0417. The van der Waals surface area contributed by atoms with E-state index in [0.29, 0.717) is 12.5 Å². The zero-order valence-corrected chi connectivity index (χ0v) is 13.9. The van der Waals surface area contributed by atoms with Gasteiger partial charge in [-0.05, 0) is 38.5 Å². The topological polar surface area (TPSA) is 102 Å². The van der Waals surface area contributed by atoms with Gasteiger partial charge in [0.25, 0.3) is 10.2 Å². The summed E-state index contributed by atoms with van der Waals surface area (Å²) in [6.45, 7) is 6.74. The van der Waals surface area contributed by atoms with Gasteiger partial charge in [-0.25, -0.2) is 14.7 Å². The number of ether oxygens (including phenoxy) is 1. The monoisotopic (exact) mass is 321 g/mol. The Kier molecular flexibility index (Phi) is 6.89. The highest BCUT2D eigenvalue weighted by molar-refractivity contribution is 7.87. The number of carbonyl (C=O) groups is 1. The Balaban J connectivity index is 2.57. The minimum Gasteiger partial charge on any atom is -0.446 e. The van der Waals surface area contributed by atoms with Crippen molar-refractivity contribution in [1.82, 2.24) is 9.62 Å². The summed E-state index contributed by atoms with van der Waals surface area (Å²) in [5, 5.41) is 4.94. The van der Waals surface area contributed by atoms with Crippen LogP contribution in [0.1, 0.15) is 46.5 Å². The van der Waals surface area contributed by atoms with Gasteiger partial charge in [-0.2, -0.15) is 8.42 Å². The van der Waals surface area contributed by atoms with Crippen molar-refractivity contribution in [2.75, 3.05) is 13.1 Å². The highest BCUT2D eigenvalue weighted by atomic mass is 32.2. The summed E-state index contributed by atoms with van der Waals surface area (Å²) in [6, 6.07) is -0.198. The number of likely N-dealkylation sites (tertiary alicyclic amines) is 1. The Labute approximate surface area is 127 Å². The molecule has 2 atom stereocenters. The van der Waals surface area contributed by atoms with Crippen molar-refractivity contribution in [2.24, 2.45) is 11.1 Å². The molecule has 0 aliphatic carbocycles. The van der Waals surface area contributed by atoms with Gasteiger partial charge in [0.1, 0.15) is 6.10 Å². The fraction of sp³-hybridized carbons (Fsp3) is 0.923. The molecule has 1 aliphatic rings. The van der Waals surface area contributed by atoms with Gasteiger partial charge in [0.2, 0.25) is 0 Å². The minimum absolute atomic E-state index is 0.131. The third-order valence-electron chi connectivity index (χ3n) is 3.49. The minimum atomic E-state index is -3.74. The second-order valence-corrected chi connectivity index (χ2v) is 7.44. The maximum Gasteiger partial charge on any atom is 0.410 e. The van der Waals surface area contributed by atoms with Gasteiger partial charge in [-0.3, -0.25) is 0 Å². The van der Waals surface area contributed by atoms with Gasteiger partial charge in [-0.1, -0.05) is 13.8 Å². The predicted molar refractivity (Wildman–Crippen MR) is 80.9 cm³/mol. The van der Waals surface area contributed by atoms with Gasteiger partial charge < -0.3 is 9.64 Å². The summed E-state index contributed by atoms with van der Waals surface area (Å²) in [5.41, 5.74) is 0. The van der Waals surface area contributed by atoms with Crippen LogP contribution in [0.2, 0.25) is 0 Å². The van der Waals surface area contributed by atoms with E-state index in [1.807, 2.05) is 6.92 Å². The van der Waals surface area contributed by atoms with Gasteiger partial charge in [0.05, 0.1) is 0 Å². The summed E-state index contributed by atoms with van der Waals surface area (Å²) >= 11 is 0. The first-order chi connectivity index (χ1) is 9.69. The van der Waals surface area contributed by atoms with E-state index >= 15 is 0 Å². The Morgan fingerprint density at radius 3 is 2.62 bits per heavy atom. The molecule has 0 bridgehead atoms. The molecule has 0 aromatic rings. The third-order valence-corrected chi connectivity index (χ3v) is 4.06. The van der Waals surface area contributed by atoms with E-state index in [9.17, 15) is 13.2 Å². The van der Waals surface area contributed by atoms with E-state index in [1.165, 1.54) is 0 Å². The molecule has 1 fully saturated rings. The van der Waals surface area contributed by atoms with E-state index in [-0.39, 0.29) is 24.8 Å². The summed E-state index contributed by atoms with van der Waals surface area (Å²) in [7, 11) is -3.74. The standard InChI is InChI=1S/C13H27N3O4S/c1-10(2)8-11(3)20-13(17)16-7-5-4-6-12(16)9-15-21(14,18)19/h10-12,15H,4-9H2,1-3H3,(H2,14,18,19)/t11-,12+/m1/s1. The number of piperidine rings is 1. The summed E-state index contributed by atoms with van der Waals surface area (Å²) in [4.78, 5) is 13.8. The number of nitrogens with zero attached hydrogens (tertiary/aromatic N) is 1. The molecule has 7 nitrogen and oxygen atoms in total. The number of hydrogen-bond donors (Lipinski definition) is 2. The molecule has 124 valence electrons. The summed E-state index contributed by atoms with van der Waals surface area (Å²) in [5.74, 6) is 0.453. The molecule has 8 heteroatoms. The zero-order chi connectivity index (χ0) is 16.0. The molecule has 0 aromatic carbocycles. The maximum absolute atomic E-state index is 12.2. The smallest absolute Gasteiger partial charge is 0.410 e. The third kappa shape index (κ3) is 7.10. The first kappa shape index (κ1) is 18.2. The quantitative estimate of drug-likeness (QED) is 0.767. The van der Waals surface area contributed by atoms with Crippen LogP contribution in [0.25, 0.3) is 0 Å². The lowest BCUT2D eigenvalue weighted by Crippen LogP contribution is -2.50. The highest BCUT2D eigenvalue weighted by Gasteiger charge is 2.29. The van der Waals surface area contributed by atoms with E-state index in [2.05, 4.69) is 18.6 Å². The Morgan fingerprint density at radius 1 is 1.38 bits per heavy atom. The molecule has 3 N–H and O–H groups in total. The molecule has 1 saturated heterocycles. The number of nitrogens with one attached hydrogen (secondary N) is 1. The first-order valence-electron chi connectivity index (χ1n) is 7.43. The van der Waals surface area contributed by atoms with Crippen LogP contribution < -0.4 is 9.86 Å². The van der Waals surface area contributed by atoms with Crippen molar-refractivity contribution in [3.8, 4) is 0 Å². The van der Waals surface area contributed by atoms with Crippen LogP contribution >= 0.6 is 0 Å². The van der Waals surface area contributed by atoms with E-state index in [0.717, 1.165) is 25.7 Å². The van der Waals surface area contributed by atoms with Crippen molar-refractivity contribution < 1.29 is 17.9 Å². The maximum atomic E-state index is 12.2. The Bertz CT molecular complexity index is 439. The zero-order valence-electron chi connectivity index (χ0n) is 13.0. The number of hydrogen-bond acceptors (Lipinski definition) is 4. The molecule has 0 aromatic heterocycles. The van der Waals surface area contributed by atoms with Crippen LogP contribution in [0, 0.1) is 5.92 Å². The van der Waals surface area contributed by atoms with Crippen LogP contribution in [-0.2, 0) is 14.9 Å². The average molecular weight is 321 g/mol. The second-order valence-electron chi connectivity index (χ2n) is 6.06. The highest BCUT2D eigenvalue weighted by Crippen LogP contribution is 2.19. The first-order valence-corrected chi connectivity index (χ1v) is 8.98. The van der Waals surface area contributed by atoms with Gasteiger partial charge >= 0.3 is 6.09 Å². The largest absolute Gasteiger partial charge is 0.446 e. The summed E-state index contributed by atoms with van der Waals surface area (Å²) < 4.78 is 29.7. The molecular formula is C13H27N3O4S. The van der Waals surface area contributed by atoms with Gasteiger partial charge in [-0.15, -0.1) is 0 Å². The second kappa shape index (κ2) is 7.95. The summed E-state index contributed by atoms with van der Waals surface area (Å²) in [6.07, 6.45) is 2.90. The molecule has 0 radical (unpaired) electrons. The van der Waals surface area contributed by atoms with Crippen molar-refractivity contribution in [1.29, 1.82) is 0 Å². The van der Waals surface area contributed by atoms with Gasteiger partial charge in [0.15, 0.2) is 0 Å². The molecule has 0 saturated carbocycles. The Morgan fingerprint density at radius 2 is 2.05 bits per heavy atom. The number of amides is 1. The van der Waals surface area contributed by atoms with Crippen molar-refractivity contribution in [2.45, 2.75) is 58.6 Å². The molecule has 1 rings (SSSR count). The molecule has 21 heavy (non-hydrogen) atoms. The molecule has 1 amide bonds. The average Bonchev–Trinajstić information content (AvgIpc) is 2.34.